The Labute approximate surface area is 154 Å². The molecule has 0 aromatic heterocycles. The standard InChI is InChI=1S/C19H28N4OS/c1-13-5-6-17(14(2)11-13)21-18(24)16(4)22-7-9-23(10-8-22)19-20-12-15(3)25-19/h5-6,11,15-16H,7-10,12H2,1-4H3,(H,21,24)/t15-,16+/m0/s1. The second-order valence-electron chi connectivity index (χ2n) is 7.06. The average Bonchev–Trinajstić information content (AvgIpc) is 3.03. The minimum absolute atomic E-state index is 0.0709. The largest absolute Gasteiger partial charge is 0.349 e. The molecule has 0 aliphatic carbocycles. The number of nitrogens with zero attached hydrogens (tertiary/aromatic N) is 3. The Morgan fingerprint density at radius 3 is 2.60 bits per heavy atom. The summed E-state index contributed by atoms with van der Waals surface area (Å²) in [5.41, 5.74) is 3.23. The third-order valence-corrected chi connectivity index (χ3v) is 6.09. The van der Waals surface area contributed by atoms with E-state index in [9.17, 15) is 4.79 Å². The van der Waals surface area contributed by atoms with E-state index in [1.54, 1.807) is 0 Å². The summed E-state index contributed by atoms with van der Waals surface area (Å²) in [6.07, 6.45) is 0. The quantitative estimate of drug-likeness (QED) is 0.900. The fourth-order valence-corrected chi connectivity index (χ4v) is 4.28. The van der Waals surface area contributed by atoms with E-state index in [1.165, 1.54) is 10.7 Å². The first-order chi connectivity index (χ1) is 11.9. The Bertz CT molecular complexity index is 667. The van der Waals surface area contributed by atoms with Gasteiger partial charge in [0.25, 0.3) is 0 Å². The first kappa shape index (κ1) is 18.3. The van der Waals surface area contributed by atoms with Crippen LogP contribution in [0.1, 0.15) is 25.0 Å². The Morgan fingerprint density at radius 1 is 1.28 bits per heavy atom. The first-order valence-electron chi connectivity index (χ1n) is 9.02. The number of amides is 1. The van der Waals surface area contributed by atoms with Crippen LogP contribution in [0.3, 0.4) is 0 Å². The van der Waals surface area contributed by atoms with Gasteiger partial charge in [-0.15, -0.1) is 0 Å². The van der Waals surface area contributed by atoms with Crippen molar-refractivity contribution >= 4 is 28.5 Å². The predicted octanol–water partition coefficient (Wildman–Crippen LogP) is 2.74. The number of amidine groups is 1. The lowest BCUT2D eigenvalue weighted by molar-refractivity contribution is -0.121. The molecule has 136 valence electrons. The molecule has 1 fully saturated rings. The number of carbonyl (C=O) groups is 1. The van der Waals surface area contributed by atoms with E-state index in [0.717, 1.165) is 44.0 Å². The summed E-state index contributed by atoms with van der Waals surface area (Å²) >= 11 is 1.87. The molecule has 1 aromatic rings. The van der Waals surface area contributed by atoms with Crippen molar-refractivity contribution in [3.63, 3.8) is 0 Å². The third-order valence-electron chi connectivity index (χ3n) is 4.94. The molecular formula is C19H28N4OS. The highest BCUT2D eigenvalue weighted by molar-refractivity contribution is 8.14. The average molecular weight is 361 g/mol. The van der Waals surface area contributed by atoms with E-state index in [1.807, 2.05) is 37.7 Å². The summed E-state index contributed by atoms with van der Waals surface area (Å²) in [5, 5.41) is 4.86. The van der Waals surface area contributed by atoms with Crippen LogP contribution in [0, 0.1) is 13.8 Å². The number of thioether (sulfide) groups is 1. The number of hydrogen-bond acceptors (Lipinski definition) is 5. The van der Waals surface area contributed by atoms with Gasteiger partial charge in [0.1, 0.15) is 0 Å². The molecule has 0 bridgehead atoms. The van der Waals surface area contributed by atoms with Gasteiger partial charge in [-0.25, -0.2) is 0 Å². The highest BCUT2D eigenvalue weighted by Gasteiger charge is 2.29. The molecule has 3 rings (SSSR count). The van der Waals surface area contributed by atoms with Gasteiger partial charge in [0, 0.05) is 37.1 Å². The van der Waals surface area contributed by atoms with E-state index in [0.29, 0.717) is 5.25 Å². The molecule has 1 amide bonds. The maximum absolute atomic E-state index is 12.6. The van der Waals surface area contributed by atoms with Crippen molar-refractivity contribution in [2.45, 2.75) is 39.0 Å². The number of hydrogen-bond donors (Lipinski definition) is 1. The van der Waals surface area contributed by atoms with Crippen LogP contribution in [0.15, 0.2) is 23.2 Å². The smallest absolute Gasteiger partial charge is 0.241 e. The van der Waals surface area contributed by atoms with Crippen LogP contribution in [0.5, 0.6) is 0 Å². The van der Waals surface area contributed by atoms with Crippen molar-refractivity contribution in [3.8, 4) is 0 Å². The van der Waals surface area contributed by atoms with Crippen LogP contribution in [-0.2, 0) is 4.79 Å². The van der Waals surface area contributed by atoms with Crippen LogP contribution >= 0.6 is 11.8 Å². The van der Waals surface area contributed by atoms with E-state index >= 15 is 0 Å². The predicted molar refractivity (Wildman–Crippen MR) is 107 cm³/mol. The molecule has 0 saturated carbocycles. The van der Waals surface area contributed by atoms with E-state index in [4.69, 9.17) is 0 Å². The molecule has 1 N–H and O–H groups in total. The van der Waals surface area contributed by atoms with Gasteiger partial charge >= 0.3 is 0 Å². The molecular weight excluding hydrogens is 332 g/mol. The molecule has 0 spiro atoms. The summed E-state index contributed by atoms with van der Waals surface area (Å²) < 4.78 is 0. The van der Waals surface area contributed by atoms with Gasteiger partial charge < -0.3 is 10.2 Å². The fourth-order valence-electron chi connectivity index (χ4n) is 3.29. The zero-order chi connectivity index (χ0) is 18.0. The van der Waals surface area contributed by atoms with Crippen molar-refractivity contribution in [1.82, 2.24) is 9.80 Å². The van der Waals surface area contributed by atoms with Crippen LogP contribution in [0.25, 0.3) is 0 Å². The summed E-state index contributed by atoms with van der Waals surface area (Å²) in [7, 11) is 0. The first-order valence-corrected chi connectivity index (χ1v) is 9.90. The molecule has 1 saturated heterocycles. The molecule has 2 heterocycles. The number of benzene rings is 1. The van der Waals surface area contributed by atoms with Gasteiger partial charge in [0.05, 0.1) is 12.6 Å². The number of rotatable bonds is 3. The lowest BCUT2D eigenvalue weighted by Gasteiger charge is -2.38. The molecule has 25 heavy (non-hydrogen) atoms. The summed E-state index contributed by atoms with van der Waals surface area (Å²) in [6.45, 7) is 12.9. The number of anilines is 1. The van der Waals surface area contributed by atoms with Crippen molar-refractivity contribution in [1.29, 1.82) is 0 Å². The Morgan fingerprint density at radius 2 is 2.00 bits per heavy atom. The van der Waals surface area contributed by atoms with Crippen molar-refractivity contribution in [2.24, 2.45) is 4.99 Å². The van der Waals surface area contributed by atoms with Gasteiger partial charge in [-0.2, -0.15) is 0 Å². The molecule has 0 unspecified atom stereocenters. The molecule has 6 heteroatoms. The Balaban J connectivity index is 1.53. The summed E-state index contributed by atoms with van der Waals surface area (Å²) in [4.78, 5) is 21.9. The van der Waals surface area contributed by atoms with Gasteiger partial charge in [-0.05, 0) is 32.4 Å². The number of nitrogens with one attached hydrogen (secondary N) is 1. The van der Waals surface area contributed by atoms with Gasteiger partial charge in [-0.3, -0.25) is 14.7 Å². The van der Waals surface area contributed by atoms with Crippen LogP contribution in [0.2, 0.25) is 0 Å². The maximum Gasteiger partial charge on any atom is 0.241 e. The molecule has 1 aromatic carbocycles. The second-order valence-corrected chi connectivity index (χ2v) is 8.46. The normalized spacial score (nSPS) is 22.6. The molecule has 5 nitrogen and oxygen atoms in total. The van der Waals surface area contributed by atoms with Crippen molar-refractivity contribution < 1.29 is 4.79 Å². The number of aryl methyl sites for hydroxylation is 2. The van der Waals surface area contributed by atoms with E-state index in [2.05, 4.69) is 40.0 Å². The Hall–Kier alpha value is -1.53. The second kappa shape index (κ2) is 7.79. The number of aliphatic imine (C=N–C) groups is 1. The number of carbonyl (C=O) groups excluding carboxylic acids is 1. The molecule has 2 aliphatic rings. The van der Waals surface area contributed by atoms with Crippen LogP contribution < -0.4 is 5.32 Å². The van der Waals surface area contributed by atoms with Crippen molar-refractivity contribution in [3.05, 3.63) is 29.3 Å². The monoisotopic (exact) mass is 360 g/mol. The van der Waals surface area contributed by atoms with Crippen LogP contribution in [0.4, 0.5) is 5.69 Å². The zero-order valence-corrected chi connectivity index (χ0v) is 16.4. The Kier molecular flexibility index (Phi) is 5.69. The maximum atomic E-state index is 12.6. The minimum Gasteiger partial charge on any atom is -0.349 e. The van der Waals surface area contributed by atoms with Gasteiger partial charge in [0.15, 0.2) is 5.17 Å². The van der Waals surface area contributed by atoms with Crippen LogP contribution in [-0.4, -0.2) is 64.9 Å². The molecule has 0 radical (unpaired) electrons. The summed E-state index contributed by atoms with van der Waals surface area (Å²) in [5.74, 6) is 0.0709. The lowest BCUT2D eigenvalue weighted by Crippen LogP contribution is -2.53. The molecule has 2 aliphatic heterocycles. The third kappa shape index (κ3) is 4.36. The van der Waals surface area contributed by atoms with Gasteiger partial charge in [-0.1, -0.05) is 36.4 Å². The minimum atomic E-state index is -0.125. The fraction of sp³-hybridized carbons (Fsp3) is 0.579. The van der Waals surface area contributed by atoms with E-state index in [-0.39, 0.29) is 11.9 Å². The lowest BCUT2D eigenvalue weighted by atomic mass is 10.1. The SMILES string of the molecule is Cc1ccc(NC(=O)[C@@H](C)N2CCN(C3=NC[C@H](C)S3)CC2)c(C)c1. The van der Waals surface area contributed by atoms with E-state index < -0.39 is 0 Å². The summed E-state index contributed by atoms with van der Waals surface area (Å²) in [6, 6.07) is 6.00. The molecule has 2 atom stereocenters. The van der Waals surface area contributed by atoms with Gasteiger partial charge in [0.2, 0.25) is 5.91 Å². The highest BCUT2D eigenvalue weighted by atomic mass is 32.2. The number of piperazine rings is 1. The zero-order valence-electron chi connectivity index (χ0n) is 15.6. The highest BCUT2D eigenvalue weighted by Crippen LogP contribution is 2.24. The topological polar surface area (TPSA) is 47.9 Å². The van der Waals surface area contributed by atoms with Crippen molar-refractivity contribution in [2.75, 3.05) is 38.0 Å².